The van der Waals surface area contributed by atoms with E-state index in [9.17, 15) is 21.6 Å². The zero-order valence-corrected chi connectivity index (χ0v) is 9.91. The minimum Gasteiger partial charge on any atom is -0.207 e. The summed E-state index contributed by atoms with van der Waals surface area (Å²) in [6.45, 7) is 1.02. The van der Waals surface area contributed by atoms with Gasteiger partial charge in [0.05, 0.1) is 11.1 Å². The highest BCUT2D eigenvalue weighted by molar-refractivity contribution is 8.13. The van der Waals surface area contributed by atoms with Crippen LogP contribution in [-0.4, -0.2) is 8.42 Å². The Balaban J connectivity index is 3.68. The van der Waals surface area contributed by atoms with Gasteiger partial charge in [0.25, 0.3) is 9.05 Å². The fraction of sp³-hybridized carbons (Fsp3) is 0.222. The Morgan fingerprint density at radius 2 is 1.88 bits per heavy atom. The van der Waals surface area contributed by atoms with Crippen LogP contribution >= 0.6 is 10.7 Å². The van der Waals surface area contributed by atoms with Crippen LogP contribution < -0.4 is 0 Å². The summed E-state index contributed by atoms with van der Waals surface area (Å²) >= 11 is 0. The van der Waals surface area contributed by atoms with Crippen molar-refractivity contribution in [2.45, 2.75) is 18.0 Å². The molecule has 0 saturated heterocycles. The van der Waals surface area contributed by atoms with Crippen molar-refractivity contribution < 1.29 is 21.6 Å². The average molecular weight is 284 g/mol. The van der Waals surface area contributed by atoms with Gasteiger partial charge in [-0.3, -0.25) is 0 Å². The average Bonchev–Trinajstić information content (AvgIpc) is 2.13. The summed E-state index contributed by atoms with van der Waals surface area (Å²) in [6, 6.07) is 2.69. The first kappa shape index (κ1) is 13.8. The lowest BCUT2D eigenvalue weighted by atomic mass is 10.0. The van der Waals surface area contributed by atoms with Crippen molar-refractivity contribution in [2.24, 2.45) is 0 Å². The highest BCUT2D eigenvalue weighted by Crippen LogP contribution is 2.35. The Kier molecular flexibility index (Phi) is 3.41. The second-order valence-electron chi connectivity index (χ2n) is 3.16. The summed E-state index contributed by atoms with van der Waals surface area (Å²) in [6.07, 6.45) is -4.65. The lowest BCUT2D eigenvalue weighted by molar-refractivity contribution is -0.138. The van der Waals surface area contributed by atoms with Gasteiger partial charge in [0.15, 0.2) is 0 Å². The topological polar surface area (TPSA) is 57.9 Å². The number of rotatable bonds is 1. The van der Waals surface area contributed by atoms with Crippen LogP contribution in [-0.2, 0) is 15.2 Å². The second-order valence-corrected chi connectivity index (χ2v) is 5.69. The van der Waals surface area contributed by atoms with Crippen LogP contribution in [0.5, 0.6) is 0 Å². The molecule has 0 saturated carbocycles. The third-order valence-electron chi connectivity index (χ3n) is 2.11. The van der Waals surface area contributed by atoms with Crippen LogP contribution in [0.1, 0.15) is 16.7 Å². The zero-order valence-electron chi connectivity index (χ0n) is 8.34. The molecule has 0 unspecified atom stereocenters. The molecule has 0 atom stereocenters. The van der Waals surface area contributed by atoms with Gasteiger partial charge in [-0.05, 0) is 24.6 Å². The van der Waals surface area contributed by atoms with Gasteiger partial charge in [-0.2, -0.15) is 18.4 Å². The number of nitriles is 1. The number of nitrogens with zero attached hydrogens (tertiary/aromatic N) is 1. The molecule has 17 heavy (non-hydrogen) atoms. The first-order chi connectivity index (χ1) is 7.59. The quantitative estimate of drug-likeness (QED) is 0.745. The maximum absolute atomic E-state index is 12.5. The molecule has 0 aliphatic heterocycles. The number of hydrogen-bond acceptors (Lipinski definition) is 3. The number of benzene rings is 1. The molecular weight excluding hydrogens is 279 g/mol. The van der Waals surface area contributed by atoms with Gasteiger partial charge in [-0.1, -0.05) is 0 Å². The SMILES string of the molecule is Cc1c(C(F)(F)F)ccc(S(=O)(=O)Cl)c1C#N. The van der Waals surface area contributed by atoms with Gasteiger partial charge >= 0.3 is 6.18 Å². The molecule has 1 aromatic rings. The zero-order chi connectivity index (χ0) is 13.4. The van der Waals surface area contributed by atoms with Crippen LogP contribution in [0.2, 0.25) is 0 Å². The lowest BCUT2D eigenvalue weighted by Crippen LogP contribution is -2.10. The predicted octanol–water partition coefficient (Wildman–Crippen LogP) is 2.81. The molecular formula is C9H5ClF3NO2S. The molecule has 0 heterocycles. The van der Waals surface area contributed by atoms with E-state index in [2.05, 4.69) is 0 Å². The largest absolute Gasteiger partial charge is 0.416 e. The molecule has 0 bridgehead atoms. The van der Waals surface area contributed by atoms with Crippen molar-refractivity contribution in [3.63, 3.8) is 0 Å². The van der Waals surface area contributed by atoms with Gasteiger partial charge in [-0.15, -0.1) is 0 Å². The monoisotopic (exact) mass is 283 g/mol. The van der Waals surface area contributed by atoms with Gasteiger partial charge in [0, 0.05) is 10.7 Å². The molecule has 0 aliphatic carbocycles. The van der Waals surface area contributed by atoms with E-state index in [1.807, 2.05) is 0 Å². The van der Waals surface area contributed by atoms with Crippen molar-refractivity contribution >= 4 is 19.7 Å². The minimum atomic E-state index is -4.65. The molecule has 3 nitrogen and oxygen atoms in total. The summed E-state index contributed by atoms with van der Waals surface area (Å²) in [4.78, 5) is -0.618. The molecule has 0 N–H and O–H groups in total. The van der Waals surface area contributed by atoms with E-state index >= 15 is 0 Å². The van der Waals surface area contributed by atoms with Crippen molar-refractivity contribution in [3.8, 4) is 6.07 Å². The molecule has 1 aromatic carbocycles. The van der Waals surface area contributed by atoms with Crippen LogP contribution in [0, 0.1) is 18.3 Å². The molecule has 0 amide bonds. The molecule has 0 fully saturated rings. The fourth-order valence-electron chi connectivity index (χ4n) is 1.34. The molecule has 0 aromatic heterocycles. The summed E-state index contributed by atoms with van der Waals surface area (Å²) in [5, 5.41) is 8.71. The summed E-state index contributed by atoms with van der Waals surface area (Å²) in [5.41, 5.74) is -2.10. The molecule has 92 valence electrons. The van der Waals surface area contributed by atoms with Gasteiger partial charge in [0.1, 0.15) is 11.0 Å². The maximum atomic E-state index is 12.5. The van der Waals surface area contributed by atoms with Gasteiger partial charge in [-0.25, -0.2) is 8.42 Å². The van der Waals surface area contributed by atoms with E-state index < -0.39 is 36.8 Å². The summed E-state index contributed by atoms with van der Waals surface area (Å²) in [7, 11) is 0.773. The fourth-order valence-corrected chi connectivity index (χ4v) is 2.39. The van der Waals surface area contributed by atoms with E-state index in [1.165, 1.54) is 6.07 Å². The number of alkyl halides is 3. The number of halogens is 4. The first-order valence-corrected chi connectivity index (χ1v) is 6.45. The van der Waals surface area contributed by atoms with Gasteiger partial charge < -0.3 is 0 Å². The van der Waals surface area contributed by atoms with Crippen molar-refractivity contribution in [3.05, 3.63) is 28.8 Å². The smallest absolute Gasteiger partial charge is 0.207 e. The third kappa shape index (κ3) is 2.70. The van der Waals surface area contributed by atoms with E-state index in [1.54, 1.807) is 0 Å². The highest BCUT2D eigenvalue weighted by Gasteiger charge is 2.34. The third-order valence-corrected chi connectivity index (χ3v) is 3.47. The second kappa shape index (κ2) is 4.20. The van der Waals surface area contributed by atoms with E-state index in [4.69, 9.17) is 15.9 Å². The number of hydrogen-bond donors (Lipinski definition) is 0. The maximum Gasteiger partial charge on any atom is 0.416 e. The first-order valence-electron chi connectivity index (χ1n) is 4.14. The summed E-state index contributed by atoms with van der Waals surface area (Å²) in [5.74, 6) is 0. The van der Waals surface area contributed by atoms with Crippen LogP contribution in [0.3, 0.4) is 0 Å². The Bertz CT molecular complexity index is 602. The van der Waals surface area contributed by atoms with E-state index in [0.717, 1.165) is 6.92 Å². The van der Waals surface area contributed by atoms with Crippen molar-refractivity contribution in [2.75, 3.05) is 0 Å². The molecule has 0 radical (unpaired) electrons. The van der Waals surface area contributed by atoms with E-state index in [0.29, 0.717) is 12.1 Å². The van der Waals surface area contributed by atoms with Crippen molar-refractivity contribution in [1.29, 1.82) is 5.26 Å². The summed E-state index contributed by atoms with van der Waals surface area (Å²) < 4.78 is 59.6. The van der Waals surface area contributed by atoms with Crippen LogP contribution in [0.4, 0.5) is 13.2 Å². The Morgan fingerprint density at radius 3 is 2.24 bits per heavy atom. The van der Waals surface area contributed by atoms with Crippen LogP contribution in [0.15, 0.2) is 17.0 Å². The highest BCUT2D eigenvalue weighted by atomic mass is 35.7. The lowest BCUT2D eigenvalue weighted by Gasteiger charge is -2.12. The molecule has 1 rings (SSSR count). The van der Waals surface area contributed by atoms with Gasteiger partial charge in [0.2, 0.25) is 0 Å². The Hall–Kier alpha value is -1.26. The Labute approximate surface area is 99.8 Å². The van der Waals surface area contributed by atoms with Crippen molar-refractivity contribution in [1.82, 2.24) is 0 Å². The normalized spacial score (nSPS) is 12.2. The predicted molar refractivity (Wildman–Crippen MR) is 53.9 cm³/mol. The Morgan fingerprint density at radius 1 is 1.35 bits per heavy atom. The minimum absolute atomic E-state index is 0.457. The van der Waals surface area contributed by atoms with Crippen LogP contribution in [0.25, 0.3) is 0 Å². The molecule has 8 heteroatoms. The standard InChI is InChI=1S/C9H5ClF3NO2S/c1-5-6(4-14)8(17(10,15)16)3-2-7(5)9(11,12)13/h2-3H,1H3. The van der Waals surface area contributed by atoms with E-state index in [-0.39, 0.29) is 0 Å². The molecule has 0 aliphatic rings. The molecule has 0 spiro atoms.